The molecule has 2 nitrogen and oxygen atoms in total. The first-order valence-corrected chi connectivity index (χ1v) is 7.73. The highest BCUT2D eigenvalue weighted by molar-refractivity contribution is 5.85. The first kappa shape index (κ1) is 16.3. The average Bonchev–Trinajstić information content (AvgIpc) is 2.58. The Morgan fingerprint density at radius 1 is 1.00 bits per heavy atom. The first-order chi connectivity index (χ1) is 8.25. The molecule has 18 heavy (non-hydrogen) atoms. The van der Waals surface area contributed by atoms with Crippen molar-refractivity contribution in [2.75, 3.05) is 19.6 Å². The van der Waals surface area contributed by atoms with Crippen LogP contribution in [0, 0.1) is 11.8 Å². The smallest absolute Gasteiger partial charge is 0.00397 e. The number of nitrogens with zero attached hydrogens (tertiary/aromatic N) is 1. The molecule has 1 saturated heterocycles. The van der Waals surface area contributed by atoms with E-state index in [1.807, 2.05) is 0 Å². The molecule has 0 bridgehead atoms. The van der Waals surface area contributed by atoms with E-state index >= 15 is 0 Å². The molecule has 0 amide bonds. The molecule has 1 unspecified atom stereocenters. The van der Waals surface area contributed by atoms with Gasteiger partial charge in [0.25, 0.3) is 0 Å². The van der Waals surface area contributed by atoms with E-state index in [1.165, 1.54) is 71.0 Å². The minimum atomic E-state index is 0. The van der Waals surface area contributed by atoms with Gasteiger partial charge in [0, 0.05) is 12.6 Å². The van der Waals surface area contributed by atoms with Crippen molar-refractivity contribution in [1.82, 2.24) is 4.90 Å². The van der Waals surface area contributed by atoms with E-state index in [9.17, 15) is 0 Å². The van der Waals surface area contributed by atoms with Crippen LogP contribution in [0.15, 0.2) is 0 Å². The summed E-state index contributed by atoms with van der Waals surface area (Å²) >= 11 is 0. The molecule has 0 radical (unpaired) electrons. The summed E-state index contributed by atoms with van der Waals surface area (Å²) in [6.45, 7) is 6.13. The van der Waals surface area contributed by atoms with Gasteiger partial charge in [0.1, 0.15) is 0 Å². The Balaban J connectivity index is 0.00000162. The molecule has 0 spiro atoms. The van der Waals surface area contributed by atoms with Gasteiger partial charge in [-0.3, -0.25) is 0 Å². The molecular formula is C15H31ClN2. The second-order valence-corrected chi connectivity index (χ2v) is 6.35. The van der Waals surface area contributed by atoms with Gasteiger partial charge in [0.05, 0.1) is 0 Å². The lowest BCUT2D eigenvalue weighted by Crippen LogP contribution is -2.41. The summed E-state index contributed by atoms with van der Waals surface area (Å²) in [6, 6.07) is 0.398. The maximum absolute atomic E-state index is 6.00. The van der Waals surface area contributed by atoms with E-state index in [4.69, 9.17) is 5.73 Å². The van der Waals surface area contributed by atoms with Crippen LogP contribution < -0.4 is 5.73 Å². The monoisotopic (exact) mass is 274 g/mol. The molecule has 1 aliphatic carbocycles. The van der Waals surface area contributed by atoms with E-state index in [0.29, 0.717) is 6.04 Å². The normalized spacial score (nSPS) is 26.3. The van der Waals surface area contributed by atoms with Gasteiger partial charge in [0.15, 0.2) is 0 Å². The Labute approximate surface area is 119 Å². The van der Waals surface area contributed by atoms with Gasteiger partial charge >= 0.3 is 0 Å². The summed E-state index contributed by atoms with van der Waals surface area (Å²) in [4.78, 5) is 2.70. The number of likely N-dealkylation sites (tertiary alicyclic amines) is 1. The zero-order valence-electron chi connectivity index (χ0n) is 11.9. The topological polar surface area (TPSA) is 29.3 Å². The van der Waals surface area contributed by atoms with Gasteiger partial charge in [-0.2, -0.15) is 0 Å². The highest BCUT2D eigenvalue weighted by atomic mass is 35.5. The Morgan fingerprint density at radius 2 is 1.56 bits per heavy atom. The molecule has 2 fully saturated rings. The minimum absolute atomic E-state index is 0. The van der Waals surface area contributed by atoms with Crippen molar-refractivity contribution in [1.29, 1.82) is 0 Å². The number of halogens is 1. The summed E-state index contributed by atoms with van der Waals surface area (Å²) in [7, 11) is 0. The van der Waals surface area contributed by atoms with Crippen LogP contribution >= 0.6 is 12.4 Å². The van der Waals surface area contributed by atoms with E-state index in [2.05, 4.69) is 11.8 Å². The minimum Gasteiger partial charge on any atom is -0.328 e. The van der Waals surface area contributed by atoms with Crippen molar-refractivity contribution in [2.24, 2.45) is 17.6 Å². The highest BCUT2D eigenvalue weighted by Gasteiger charge is 2.23. The fraction of sp³-hybridized carbons (Fsp3) is 1.00. The van der Waals surface area contributed by atoms with Crippen molar-refractivity contribution in [3.8, 4) is 0 Å². The van der Waals surface area contributed by atoms with Gasteiger partial charge in [-0.15, -0.1) is 12.4 Å². The SMILES string of the molecule is CC(N)C1CCN(CC2CCCCCC2)CC1.Cl. The van der Waals surface area contributed by atoms with Crippen LogP contribution in [-0.2, 0) is 0 Å². The van der Waals surface area contributed by atoms with E-state index in [-0.39, 0.29) is 12.4 Å². The molecule has 1 saturated carbocycles. The molecule has 1 aliphatic heterocycles. The van der Waals surface area contributed by atoms with E-state index in [1.54, 1.807) is 0 Å². The van der Waals surface area contributed by atoms with Crippen molar-refractivity contribution in [3.63, 3.8) is 0 Å². The highest BCUT2D eigenvalue weighted by Crippen LogP contribution is 2.26. The van der Waals surface area contributed by atoms with Crippen LogP contribution in [-0.4, -0.2) is 30.6 Å². The lowest BCUT2D eigenvalue weighted by molar-refractivity contribution is 0.146. The van der Waals surface area contributed by atoms with Gasteiger partial charge in [-0.25, -0.2) is 0 Å². The standard InChI is InChI=1S/C15H30N2.ClH/c1-13(16)15-8-10-17(11-9-15)12-14-6-4-2-3-5-7-14;/h13-15H,2-12,16H2,1H3;1H. The van der Waals surface area contributed by atoms with Crippen molar-refractivity contribution in [2.45, 2.75) is 64.3 Å². The summed E-state index contributed by atoms with van der Waals surface area (Å²) in [5.74, 6) is 1.77. The van der Waals surface area contributed by atoms with Gasteiger partial charge < -0.3 is 10.6 Å². The van der Waals surface area contributed by atoms with Gasteiger partial charge in [0.2, 0.25) is 0 Å². The van der Waals surface area contributed by atoms with Crippen LogP contribution in [0.5, 0.6) is 0 Å². The number of piperidine rings is 1. The third kappa shape index (κ3) is 5.07. The Morgan fingerprint density at radius 3 is 2.06 bits per heavy atom. The Hall–Kier alpha value is 0.210. The van der Waals surface area contributed by atoms with Crippen LogP contribution in [0.2, 0.25) is 0 Å². The van der Waals surface area contributed by atoms with Crippen molar-refractivity contribution >= 4 is 12.4 Å². The first-order valence-electron chi connectivity index (χ1n) is 7.73. The molecule has 1 heterocycles. The van der Waals surface area contributed by atoms with Crippen LogP contribution in [0.25, 0.3) is 0 Å². The fourth-order valence-corrected chi connectivity index (χ4v) is 3.57. The molecule has 108 valence electrons. The van der Waals surface area contributed by atoms with Gasteiger partial charge in [-0.05, 0) is 57.5 Å². The second-order valence-electron chi connectivity index (χ2n) is 6.35. The number of rotatable bonds is 3. The van der Waals surface area contributed by atoms with Crippen molar-refractivity contribution in [3.05, 3.63) is 0 Å². The summed E-state index contributed by atoms with van der Waals surface area (Å²) < 4.78 is 0. The Bertz CT molecular complexity index is 205. The summed E-state index contributed by atoms with van der Waals surface area (Å²) in [6.07, 6.45) is 11.5. The lowest BCUT2D eigenvalue weighted by Gasteiger charge is -2.35. The van der Waals surface area contributed by atoms with Crippen LogP contribution in [0.1, 0.15) is 58.3 Å². The molecule has 2 rings (SSSR count). The number of hydrogen-bond donors (Lipinski definition) is 1. The van der Waals surface area contributed by atoms with E-state index < -0.39 is 0 Å². The molecule has 0 aromatic heterocycles. The molecule has 1 atom stereocenters. The third-order valence-corrected chi connectivity index (χ3v) is 4.87. The molecule has 0 aromatic rings. The number of hydrogen-bond acceptors (Lipinski definition) is 2. The predicted molar refractivity (Wildman–Crippen MR) is 81.3 cm³/mol. The summed E-state index contributed by atoms with van der Waals surface area (Å²) in [5, 5.41) is 0. The predicted octanol–water partition coefficient (Wildman–Crippen LogP) is 3.44. The largest absolute Gasteiger partial charge is 0.328 e. The zero-order chi connectivity index (χ0) is 12.1. The molecule has 2 aliphatic rings. The fourth-order valence-electron chi connectivity index (χ4n) is 3.57. The third-order valence-electron chi connectivity index (χ3n) is 4.87. The maximum atomic E-state index is 6.00. The van der Waals surface area contributed by atoms with Crippen LogP contribution in [0.4, 0.5) is 0 Å². The van der Waals surface area contributed by atoms with Crippen molar-refractivity contribution < 1.29 is 0 Å². The molecule has 2 N–H and O–H groups in total. The van der Waals surface area contributed by atoms with Crippen LogP contribution in [0.3, 0.4) is 0 Å². The lowest BCUT2D eigenvalue weighted by atomic mass is 9.90. The molecule has 0 aromatic carbocycles. The molecular weight excluding hydrogens is 244 g/mol. The average molecular weight is 275 g/mol. The van der Waals surface area contributed by atoms with E-state index in [0.717, 1.165) is 11.8 Å². The second kappa shape index (κ2) is 8.39. The summed E-state index contributed by atoms with van der Waals surface area (Å²) in [5.41, 5.74) is 6.00. The zero-order valence-corrected chi connectivity index (χ0v) is 12.8. The quantitative estimate of drug-likeness (QED) is 0.799. The van der Waals surface area contributed by atoms with Gasteiger partial charge in [-0.1, -0.05) is 25.7 Å². The Kier molecular flexibility index (Phi) is 7.59. The molecule has 3 heteroatoms. The maximum Gasteiger partial charge on any atom is 0.00397 e. The number of nitrogens with two attached hydrogens (primary N) is 1.